The van der Waals surface area contributed by atoms with Crippen molar-refractivity contribution in [3.05, 3.63) is 65.0 Å². The standard InChI is InChI=1S/C17H15NO2/c1-11-3-6-13(7-4-11)16-10-15(18-19)14-8-5-12(2)9-17(14)20-16/h3-10,19H,1-2H3/b18-15-. The molecule has 0 atom stereocenters. The number of nitrogens with zero attached hydrogens (tertiary/aromatic N) is 1. The average Bonchev–Trinajstić information content (AvgIpc) is 2.46. The molecular formula is C17H15NO2. The van der Waals surface area contributed by atoms with Crippen LogP contribution in [0.25, 0.3) is 22.3 Å². The second kappa shape index (κ2) is 4.85. The molecule has 0 fully saturated rings. The summed E-state index contributed by atoms with van der Waals surface area (Å²) < 4.78 is 5.94. The second-order valence-electron chi connectivity index (χ2n) is 4.96. The summed E-state index contributed by atoms with van der Waals surface area (Å²) in [4.78, 5) is 0. The number of benzene rings is 2. The smallest absolute Gasteiger partial charge is 0.137 e. The van der Waals surface area contributed by atoms with E-state index in [4.69, 9.17) is 4.42 Å². The lowest BCUT2D eigenvalue weighted by Crippen LogP contribution is -2.03. The van der Waals surface area contributed by atoms with Crippen molar-refractivity contribution in [2.75, 3.05) is 0 Å². The fraction of sp³-hybridized carbons (Fsp3) is 0.118. The molecule has 0 aliphatic heterocycles. The largest absolute Gasteiger partial charge is 0.456 e. The molecule has 100 valence electrons. The molecule has 0 radical (unpaired) electrons. The van der Waals surface area contributed by atoms with Crippen LogP contribution >= 0.6 is 0 Å². The van der Waals surface area contributed by atoms with E-state index in [0.29, 0.717) is 11.1 Å². The molecule has 3 rings (SSSR count). The molecule has 20 heavy (non-hydrogen) atoms. The highest BCUT2D eigenvalue weighted by Gasteiger charge is 2.06. The molecule has 0 bridgehead atoms. The lowest BCUT2D eigenvalue weighted by atomic mass is 10.1. The van der Waals surface area contributed by atoms with Crippen LogP contribution in [0.5, 0.6) is 0 Å². The van der Waals surface area contributed by atoms with Gasteiger partial charge in [-0.15, -0.1) is 0 Å². The molecule has 2 aromatic carbocycles. The van der Waals surface area contributed by atoms with Crippen molar-refractivity contribution in [1.82, 2.24) is 0 Å². The summed E-state index contributed by atoms with van der Waals surface area (Å²) in [6.07, 6.45) is 0. The third-order valence-electron chi connectivity index (χ3n) is 3.34. The maximum Gasteiger partial charge on any atom is 0.137 e. The molecule has 0 unspecified atom stereocenters. The van der Waals surface area contributed by atoms with Crippen LogP contribution in [0.3, 0.4) is 0 Å². The Balaban J connectivity index is 2.29. The van der Waals surface area contributed by atoms with Gasteiger partial charge < -0.3 is 9.62 Å². The Labute approximate surface area is 116 Å². The first-order chi connectivity index (χ1) is 9.67. The summed E-state index contributed by atoms with van der Waals surface area (Å²) >= 11 is 0. The van der Waals surface area contributed by atoms with Gasteiger partial charge >= 0.3 is 0 Å². The topological polar surface area (TPSA) is 45.7 Å². The van der Waals surface area contributed by atoms with Gasteiger partial charge in [0.1, 0.15) is 16.7 Å². The van der Waals surface area contributed by atoms with Crippen molar-refractivity contribution in [1.29, 1.82) is 0 Å². The minimum absolute atomic E-state index is 0.516. The average molecular weight is 265 g/mol. The zero-order valence-corrected chi connectivity index (χ0v) is 11.4. The normalized spacial score (nSPS) is 12.0. The Morgan fingerprint density at radius 2 is 1.60 bits per heavy atom. The quantitative estimate of drug-likeness (QED) is 0.534. The van der Waals surface area contributed by atoms with Crippen LogP contribution in [-0.2, 0) is 0 Å². The fourth-order valence-corrected chi connectivity index (χ4v) is 2.22. The maximum atomic E-state index is 9.20. The van der Waals surface area contributed by atoms with Crippen LogP contribution in [0.2, 0.25) is 0 Å². The minimum atomic E-state index is 0.516. The molecule has 0 saturated heterocycles. The molecule has 1 N–H and O–H groups in total. The number of hydrogen-bond acceptors (Lipinski definition) is 3. The monoisotopic (exact) mass is 265 g/mol. The molecule has 1 aromatic heterocycles. The first-order valence-corrected chi connectivity index (χ1v) is 6.47. The first kappa shape index (κ1) is 12.5. The summed E-state index contributed by atoms with van der Waals surface area (Å²) in [5.74, 6) is 0.691. The van der Waals surface area contributed by atoms with E-state index in [1.807, 2.05) is 56.3 Å². The predicted octanol–water partition coefficient (Wildman–Crippen LogP) is 4.01. The zero-order chi connectivity index (χ0) is 14.1. The highest BCUT2D eigenvalue weighted by atomic mass is 16.4. The van der Waals surface area contributed by atoms with Crippen LogP contribution in [0.15, 0.2) is 58.1 Å². The van der Waals surface area contributed by atoms with Crippen molar-refractivity contribution in [2.24, 2.45) is 5.16 Å². The van der Waals surface area contributed by atoms with Crippen LogP contribution < -0.4 is 5.36 Å². The van der Waals surface area contributed by atoms with Gasteiger partial charge in [0.05, 0.1) is 0 Å². The van der Waals surface area contributed by atoms with Gasteiger partial charge in [-0.25, -0.2) is 0 Å². The zero-order valence-electron chi connectivity index (χ0n) is 11.4. The molecule has 0 aliphatic carbocycles. The minimum Gasteiger partial charge on any atom is -0.456 e. The summed E-state index contributed by atoms with van der Waals surface area (Å²) in [6, 6.07) is 15.6. The number of rotatable bonds is 1. The van der Waals surface area contributed by atoms with Crippen molar-refractivity contribution in [2.45, 2.75) is 13.8 Å². The highest BCUT2D eigenvalue weighted by Crippen LogP contribution is 2.23. The lowest BCUT2D eigenvalue weighted by molar-refractivity contribution is 0.302. The fourth-order valence-electron chi connectivity index (χ4n) is 2.22. The van der Waals surface area contributed by atoms with E-state index in [0.717, 1.165) is 22.1 Å². The highest BCUT2D eigenvalue weighted by molar-refractivity contribution is 5.79. The van der Waals surface area contributed by atoms with Gasteiger partial charge in [0.2, 0.25) is 0 Å². The third-order valence-corrected chi connectivity index (χ3v) is 3.34. The Hall–Kier alpha value is -2.55. The van der Waals surface area contributed by atoms with E-state index in [1.165, 1.54) is 5.56 Å². The summed E-state index contributed by atoms with van der Waals surface area (Å²) in [6.45, 7) is 4.04. The molecule has 3 aromatic rings. The molecule has 3 nitrogen and oxygen atoms in total. The summed E-state index contributed by atoms with van der Waals surface area (Å²) in [5.41, 5.74) is 3.98. The predicted molar refractivity (Wildman–Crippen MR) is 78.5 cm³/mol. The maximum absolute atomic E-state index is 9.20. The van der Waals surface area contributed by atoms with Gasteiger partial charge in [0.25, 0.3) is 0 Å². The first-order valence-electron chi connectivity index (χ1n) is 6.47. The molecule has 0 saturated carbocycles. The molecule has 1 heterocycles. The number of fused-ring (bicyclic) bond motifs is 1. The Bertz CT molecular complexity index is 830. The van der Waals surface area contributed by atoms with E-state index < -0.39 is 0 Å². The SMILES string of the molecule is Cc1ccc(-c2c/c(=N/O)c3ccc(C)cc3o2)cc1. The lowest BCUT2D eigenvalue weighted by Gasteiger charge is -2.05. The molecule has 0 aliphatic rings. The van der Waals surface area contributed by atoms with Gasteiger partial charge in [-0.2, -0.15) is 0 Å². The van der Waals surface area contributed by atoms with Crippen LogP contribution in [0.4, 0.5) is 0 Å². The van der Waals surface area contributed by atoms with Crippen molar-refractivity contribution in [3.8, 4) is 11.3 Å². The Morgan fingerprint density at radius 3 is 2.30 bits per heavy atom. The van der Waals surface area contributed by atoms with Crippen LogP contribution in [0, 0.1) is 13.8 Å². The molecule has 3 heteroatoms. The van der Waals surface area contributed by atoms with Crippen molar-refractivity contribution >= 4 is 11.0 Å². The number of hydrogen-bond donors (Lipinski definition) is 1. The van der Waals surface area contributed by atoms with Crippen molar-refractivity contribution in [3.63, 3.8) is 0 Å². The van der Waals surface area contributed by atoms with Crippen molar-refractivity contribution < 1.29 is 9.62 Å². The summed E-state index contributed by atoms with van der Waals surface area (Å²) in [7, 11) is 0. The molecule has 0 amide bonds. The number of aryl methyl sites for hydroxylation is 2. The second-order valence-corrected chi connectivity index (χ2v) is 4.96. The van der Waals surface area contributed by atoms with E-state index in [9.17, 15) is 5.21 Å². The van der Waals surface area contributed by atoms with Gasteiger partial charge in [-0.1, -0.05) is 41.1 Å². The van der Waals surface area contributed by atoms with E-state index in [-0.39, 0.29) is 0 Å². The third kappa shape index (κ3) is 2.18. The Kier molecular flexibility index (Phi) is 3.03. The van der Waals surface area contributed by atoms with Gasteiger partial charge in [0.15, 0.2) is 0 Å². The molecule has 0 spiro atoms. The van der Waals surface area contributed by atoms with Crippen LogP contribution in [-0.4, -0.2) is 5.21 Å². The summed E-state index contributed by atoms with van der Waals surface area (Å²) in [5, 5.41) is 13.9. The van der Waals surface area contributed by atoms with Gasteiger partial charge in [-0.05, 0) is 31.5 Å². The van der Waals surface area contributed by atoms with Crippen LogP contribution in [0.1, 0.15) is 11.1 Å². The molecular weight excluding hydrogens is 250 g/mol. The Morgan fingerprint density at radius 1 is 0.900 bits per heavy atom. The van der Waals surface area contributed by atoms with E-state index in [1.54, 1.807) is 6.07 Å². The van der Waals surface area contributed by atoms with Gasteiger partial charge in [0, 0.05) is 17.0 Å². The van der Waals surface area contributed by atoms with E-state index in [2.05, 4.69) is 5.16 Å². The van der Waals surface area contributed by atoms with E-state index >= 15 is 0 Å². The van der Waals surface area contributed by atoms with Gasteiger partial charge in [-0.3, -0.25) is 0 Å².